The molecule has 0 aliphatic rings. The molecule has 0 unspecified atom stereocenters. The average Bonchev–Trinajstić information content (AvgIpc) is 2.34. The van der Waals surface area contributed by atoms with Crippen molar-refractivity contribution in [2.75, 3.05) is 5.32 Å². The molecular weight excluding hydrogens is 323 g/mol. The molecule has 0 aliphatic heterocycles. The molecule has 0 atom stereocenters. The third-order valence-electron chi connectivity index (χ3n) is 2.39. The van der Waals surface area contributed by atoms with Gasteiger partial charge in [-0.2, -0.15) is 0 Å². The maximum absolute atomic E-state index is 13.5. The van der Waals surface area contributed by atoms with E-state index in [4.69, 9.17) is 0 Å². The van der Waals surface area contributed by atoms with Crippen LogP contribution < -0.4 is 5.32 Å². The third-order valence-corrected chi connectivity index (χ3v) is 3.05. The van der Waals surface area contributed by atoms with Crippen molar-refractivity contribution < 1.29 is 18.0 Å². The van der Waals surface area contributed by atoms with Crippen LogP contribution in [-0.4, -0.2) is 5.91 Å². The largest absolute Gasteiger partial charge is 0.317 e. The van der Waals surface area contributed by atoms with Gasteiger partial charge in [-0.3, -0.25) is 4.79 Å². The number of halogens is 4. The Labute approximate surface area is 115 Å². The number of hydrogen-bond acceptors (Lipinski definition) is 1. The molecule has 19 heavy (non-hydrogen) atoms. The van der Waals surface area contributed by atoms with E-state index in [0.717, 1.165) is 18.2 Å². The second kappa shape index (κ2) is 5.44. The van der Waals surface area contributed by atoms with Crippen molar-refractivity contribution in [3.05, 3.63) is 63.9 Å². The van der Waals surface area contributed by atoms with E-state index < -0.39 is 29.0 Å². The predicted molar refractivity (Wildman–Crippen MR) is 68.4 cm³/mol. The van der Waals surface area contributed by atoms with E-state index in [1.54, 1.807) is 0 Å². The van der Waals surface area contributed by atoms with Crippen molar-refractivity contribution in [2.45, 2.75) is 0 Å². The Morgan fingerprint density at radius 2 is 1.47 bits per heavy atom. The Hall–Kier alpha value is -1.82. The van der Waals surface area contributed by atoms with Crippen molar-refractivity contribution in [1.82, 2.24) is 0 Å². The molecule has 1 N–H and O–H groups in total. The van der Waals surface area contributed by atoms with Crippen molar-refractivity contribution in [3.8, 4) is 0 Å². The van der Waals surface area contributed by atoms with E-state index in [2.05, 4.69) is 15.9 Å². The van der Waals surface area contributed by atoms with Gasteiger partial charge in [-0.05, 0) is 40.2 Å². The first-order valence-electron chi connectivity index (χ1n) is 5.20. The van der Waals surface area contributed by atoms with E-state index >= 15 is 0 Å². The molecular formula is C13H7BrF3NO. The highest BCUT2D eigenvalue weighted by Gasteiger charge is 2.18. The molecule has 0 spiro atoms. The summed E-state index contributed by atoms with van der Waals surface area (Å²) in [5.74, 6) is -3.58. The highest BCUT2D eigenvalue weighted by molar-refractivity contribution is 9.10. The quantitative estimate of drug-likeness (QED) is 0.882. The van der Waals surface area contributed by atoms with Crippen LogP contribution in [-0.2, 0) is 0 Å². The molecule has 0 saturated carbocycles. The number of carbonyl (C=O) groups is 1. The van der Waals surface area contributed by atoms with E-state index in [-0.39, 0.29) is 10.0 Å². The Bertz CT molecular complexity index is 605. The Morgan fingerprint density at radius 1 is 0.947 bits per heavy atom. The lowest BCUT2D eigenvalue weighted by Crippen LogP contribution is -2.16. The van der Waals surface area contributed by atoms with Gasteiger partial charge in [0.1, 0.15) is 23.1 Å². The van der Waals surface area contributed by atoms with Gasteiger partial charge in [0.05, 0.1) is 5.56 Å². The molecule has 0 fully saturated rings. The zero-order chi connectivity index (χ0) is 14.0. The Balaban J connectivity index is 2.37. The Morgan fingerprint density at radius 3 is 2.05 bits per heavy atom. The van der Waals surface area contributed by atoms with E-state index in [0.29, 0.717) is 0 Å². The van der Waals surface area contributed by atoms with Crippen molar-refractivity contribution in [1.29, 1.82) is 0 Å². The average molecular weight is 330 g/mol. The van der Waals surface area contributed by atoms with Gasteiger partial charge >= 0.3 is 0 Å². The number of amides is 1. The summed E-state index contributed by atoms with van der Waals surface area (Å²) in [5, 5.41) is 2.02. The van der Waals surface area contributed by atoms with Crippen molar-refractivity contribution >= 4 is 27.5 Å². The van der Waals surface area contributed by atoms with Crippen LogP contribution in [0, 0.1) is 17.5 Å². The minimum absolute atomic E-state index is 0.196. The molecule has 2 aromatic carbocycles. The fourth-order valence-corrected chi connectivity index (χ4v) is 2.03. The SMILES string of the molecule is O=C(Nc1c(F)cccc1F)c1c(F)cccc1Br. The topological polar surface area (TPSA) is 29.1 Å². The number of carbonyl (C=O) groups excluding carboxylic acids is 1. The highest BCUT2D eigenvalue weighted by Crippen LogP contribution is 2.23. The molecule has 0 saturated heterocycles. The first-order valence-corrected chi connectivity index (χ1v) is 5.99. The van der Waals surface area contributed by atoms with Gasteiger partial charge < -0.3 is 5.32 Å². The van der Waals surface area contributed by atoms with Crippen LogP contribution in [0.2, 0.25) is 0 Å². The summed E-state index contributed by atoms with van der Waals surface area (Å²) in [6.45, 7) is 0. The smallest absolute Gasteiger partial charge is 0.259 e. The Kier molecular flexibility index (Phi) is 3.90. The second-order valence-corrected chi connectivity index (χ2v) is 4.50. The fraction of sp³-hybridized carbons (Fsp3) is 0. The standard InChI is InChI=1S/C13H7BrF3NO/c14-7-3-1-4-8(15)11(7)13(19)18-12-9(16)5-2-6-10(12)17/h1-6H,(H,18,19). The number of hydrogen-bond donors (Lipinski definition) is 1. The number of nitrogens with one attached hydrogen (secondary N) is 1. The normalized spacial score (nSPS) is 10.3. The third kappa shape index (κ3) is 2.78. The maximum Gasteiger partial charge on any atom is 0.259 e. The zero-order valence-electron chi connectivity index (χ0n) is 9.38. The number of anilines is 1. The van der Waals surface area contributed by atoms with Crippen LogP contribution in [0.5, 0.6) is 0 Å². The first-order chi connectivity index (χ1) is 9.00. The van der Waals surface area contributed by atoms with Gasteiger partial charge in [-0.1, -0.05) is 12.1 Å². The molecule has 2 nitrogen and oxygen atoms in total. The second-order valence-electron chi connectivity index (χ2n) is 3.65. The lowest BCUT2D eigenvalue weighted by Gasteiger charge is -2.09. The van der Waals surface area contributed by atoms with Crippen molar-refractivity contribution in [3.63, 3.8) is 0 Å². The maximum atomic E-state index is 13.5. The van der Waals surface area contributed by atoms with Crippen LogP contribution in [0.1, 0.15) is 10.4 Å². The fourth-order valence-electron chi connectivity index (χ4n) is 1.51. The first kappa shape index (κ1) is 13.6. The van der Waals surface area contributed by atoms with Gasteiger partial charge in [0.2, 0.25) is 0 Å². The van der Waals surface area contributed by atoms with Gasteiger partial charge in [-0.25, -0.2) is 13.2 Å². The number of rotatable bonds is 2. The summed E-state index contributed by atoms with van der Waals surface area (Å²) in [6.07, 6.45) is 0. The minimum atomic E-state index is -0.936. The lowest BCUT2D eigenvalue weighted by atomic mass is 10.2. The number of para-hydroxylation sites is 1. The predicted octanol–water partition coefficient (Wildman–Crippen LogP) is 4.12. The number of benzene rings is 2. The molecule has 0 aliphatic carbocycles. The summed E-state index contributed by atoms with van der Waals surface area (Å²) >= 11 is 3.01. The highest BCUT2D eigenvalue weighted by atomic mass is 79.9. The lowest BCUT2D eigenvalue weighted by molar-refractivity contribution is 0.102. The molecule has 98 valence electrons. The molecule has 1 amide bonds. The van der Waals surface area contributed by atoms with Gasteiger partial charge in [0.25, 0.3) is 5.91 Å². The molecule has 0 bridgehead atoms. The van der Waals surface area contributed by atoms with Crippen LogP contribution in [0.3, 0.4) is 0 Å². The molecule has 6 heteroatoms. The van der Waals surface area contributed by atoms with Crippen LogP contribution in [0.25, 0.3) is 0 Å². The molecule has 0 radical (unpaired) electrons. The van der Waals surface area contributed by atoms with E-state index in [1.807, 2.05) is 5.32 Å². The summed E-state index contributed by atoms with van der Waals surface area (Å²) in [5.41, 5.74) is -0.923. The van der Waals surface area contributed by atoms with Crippen molar-refractivity contribution in [2.24, 2.45) is 0 Å². The molecule has 2 rings (SSSR count). The van der Waals surface area contributed by atoms with E-state index in [9.17, 15) is 18.0 Å². The molecule has 2 aromatic rings. The monoisotopic (exact) mass is 329 g/mol. The van der Waals surface area contributed by atoms with Gasteiger partial charge in [0.15, 0.2) is 0 Å². The molecule has 0 heterocycles. The van der Waals surface area contributed by atoms with E-state index in [1.165, 1.54) is 18.2 Å². The van der Waals surface area contributed by atoms with Gasteiger partial charge in [0, 0.05) is 4.47 Å². The minimum Gasteiger partial charge on any atom is -0.317 e. The summed E-state index contributed by atoms with van der Waals surface area (Å²) < 4.78 is 40.5. The van der Waals surface area contributed by atoms with Crippen LogP contribution >= 0.6 is 15.9 Å². The summed E-state index contributed by atoms with van der Waals surface area (Å²) in [6, 6.07) is 7.09. The van der Waals surface area contributed by atoms with Crippen LogP contribution in [0.4, 0.5) is 18.9 Å². The molecule has 0 aromatic heterocycles. The van der Waals surface area contributed by atoms with Gasteiger partial charge in [-0.15, -0.1) is 0 Å². The summed E-state index contributed by atoms with van der Waals surface area (Å²) in [4.78, 5) is 11.8. The summed E-state index contributed by atoms with van der Waals surface area (Å²) in [7, 11) is 0. The van der Waals surface area contributed by atoms with Crippen LogP contribution in [0.15, 0.2) is 40.9 Å². The zero-order valence-corrected chi connectivity index (χ0v) is 11.0.